The van der Waals surface area contributed by atoms with Crippen LogP contribution in [-0.2, 0) is 0 Å². The van der Waals surface area contributed by atoms with E-state index in [1.807, 2.05) is 30.1 Å². The summed E-state index contributed by atoms with van der Waals surface area (Å²) in [7, 11) is 3.71. The van der Waals surface area contributed by atoms with Crippen molar-refractivity contribution in [3.8, 4) is 0 Å². The second-order valence-electron chi connectivity index (χ2n) is 4.18. The summed E-state index contributed by atoms with van der Waals surface area (Å²) in [5.74, 6) is 2.11. The number of halogens is 1. The van der Waals surface area contributed by atoms with Gasteiger partial charge >= 0.3 is 0 Å². The Balaban J connectivity index is 1.90. The van der Waals surface area contributed by atoms with Crippen LogP contribution in [-0.4, -0.2) is 42.1 Å². The predicted octanol–water partition coefficient (Wildman–Crippen LogP) is 2.11. The van der Waals surface area contributed by atoms with Gasteiger partial charge in [0.05, 0.1) is 6.20 Å². The summed E-state index contributed by atoms with van der Waals surface area (Å²) in [5.41, 5.74) is 0. The lowest BCUT2D eigenvalue weighted by Gasteiger charge is -2.18. The molecule has 7 heteroatoms. The Morgan fingerprint density at radius 3 is 2.85 bits per heavy atom. The molecule has 0 amide bonds. The topological polar surface area (TPSA) is 66.0 Å². The van der Waals surface area contributed by atoms with E-state index in [0.29, 0.717) is 16.8 Å². The Morgan fingerprint density at radius 1 is 1.30 bits per heavy atom. The van der Waals surface area contributed by atoms with Gasteiger partial charge in [-0.1, -0.05) is 17.7 Å². The molecule has 0 aliphatic carbocycles. The zero-order valence-electron chi connectivity index (χ0n) is 11.5. The Bertz CT molecular complexity index is 548. The van der Waals surface area contributed by atoms with Gasteiger partial charge in [-0.05, 0) is 12.1 Å². The molecule has 2 heterocycles. The smallest absolute Gasteiger partial charge is 0.227 e. The first-order valence-electron chi connectivity index (χ1n) is 6.27. The molecule has 0 fully saturated rings. The van der Waals surface area contributed by atoms with Crippen LogP contribution >= 0.6 is 11.6 Å². The van der Waals surface area contributed by atoms with E-state index < -0.39 is 0 Å². The first-order chi connectivity index (χ1) is 9.70. The van der Waals surface area contributed by atoms with Crippen molar-refractivity contribution in [1.29, 1.82) is 0 Å². The Morgan fingerprint density at radius 2 is 2.15 bits per heavy atom. The monoisotopic (exact) mass is 292 g/mol. The molecule has 20 heavy (non-hydrogen) atoms. The quantitative estimate of drug-likeness (QED) is 0.850. The summed E-state index contributed by atoms with van der Waals surface area (Å²) < 4.78 is 0. The number of hydrogen-bond donors (Lipinski definition) is 2. The van der Waals surface area contributed by atoms with Crippen molar-refractivity contribution in [3.63, 3.8) is 0 Å². The van der Waals surface area contributed by atoms with Gasteiger partial charge in [0.2, 0.25) is 5.95 Å². The van der Waals surface area contributed by atoms with Crippen LogP contribution in [0.3, 0.4) is 0 Å². The van der Waals surface area contributed by atoms with E-state index in [9.17, 15) is 0 Å². The highest BCUT2D eigenvalue weighted by molar-refractivity contribution is 6.32. The average molecular weight is 293 g/mol. The highest BCUT2D eigenvalue weighted by atomic mass is 35.5. The molecular formula is C13H17ClN6. The van der Waals surface area contributed by atoms with E-state index in [-0.39, 0.29) is 0 Å². The van der Waals surface area contributed by atoms with Crippen LogP contribution in [0.2, 0.25) is 5.02 Å². The minimum Gasteiger partial charge on any atom is -0.372 e. The normalized spacial score (nSPS) is 10.2. The van der Waals surface area contributed by atoms with E-state index >= 15 is 0 Å². The minimum atomic E-state index is 0.510. The second kappa shape index (κ2) is 6.91. The highest BCUT2D eigenvalue weighted by Crippen LogP contribution is 2.19. The lowest BCUT2D eigenvalue weighted by molar-refractivity contribution is 0.864. The maximum absolute atomic E-state index is 5.96. The maximum atomic E-state index is 5.96. The Labute approximate surface area is 123 Å². The van der Waals surface area contributed by atoms with Gasteiger partial charge in [0.15, 0.2) is 0 Å². The molecule has 2 aromatic heterocycles. The van der Waals surface area contributed by atoms with Crippen LogP contribution in [0.1, 0.15) is 0 Å². The predicted molar refractivity (Wildman–Crippen MR) is 82.6 cm³/mol. The molecule has 0 radical (unpaired) electrons. The molecule has 0 spiro atoms. The number of anilines is 3. The van der Waals surface area contributed by atoms with Crippen LogP contribution in [0.4, 0.5) is 17.6 Å². The van der Waals surface area contributed by atoms with Gasteiger partial charge in [0.1, 0.15) is 16.7 Å². The molecule has 0 saturated heterocycles. The molecule has 2 rings (SSSR count). The van der Waals surface area contributed by atoms with Gasteiger partial charge in [0.25, 0.3) is 0 Å². The van der Waals surface area contributed by atoms with Gasteiger partial charge < -0.3 is 15.5 Å². The third kappa shape index (κ3) is 3.71. The third-order valence-electron chi connectivity index (χ3n) is 2.73. The number of nitrogens with zero attached hydrogens (tertiary/aromatic N) is 4. The van der Waals surface area contributed by atoms with Crippen LogP contribution in [0.25, 0.3) is 0 Å². The molecule has 2 N–H and O–H groups in total. The molecule has 2 aromatic rings. The van der Waals surface area contributed by atoms with Gasteiger partial charge in [-0.3, -0.25) is 0 Å². The average Bonchev–Trinajstić information content (AvgIpc) is 2.48. The fourth-order valence-electron chi connectivity index (χ4n) is 1.64. The standard InChI is InChI=1S/C13H17ClN6/c1-15-12-10(14)9-18-13(19-12)20(2)8-7-17-11-5-3-4-6-16-11/h3-6,9H,7-8H2,1-2H3,(H,16,17)(H,15,18,19). The fraction of sp³-hybridized carbons (Fsp3) is 0.308. The summed E-state index contributed by atoms with van der Waals surface area (Å²) in [6.07, 6.45) is 3.35. The van der Waals surface area contributed by atoms with E-state index in [4.69, 9.17) is 11.6 Å². The van der Waals surface area contributed by atoms with Crippen LogP contribution in [0, 0.1) is 0 Å². The molecule has 6 nitrogen and oxygen atoms in total. The maximum Gasteiger partial charge on any atom is 0.227 e. The first-order valence-corrected chi connectivity index (χ1v) is 6.65. The number of aromatic nitrogens is 3. The van der Waals surface area contributed by atoms with E-state index in [0.717, 1.165) is 18.9 Å². The largest absolute Gasteiger partial charge is 0.372 e. The van der Waals surface area contributed by atoms with Crippen LogP contribution in [0.5, 0.6) is 0 Å². The number of nitrogens with one attached hydrogen (secondary N) is 2. The molecule has 0 bridgehead atoms. The summed E-state index contributed by atoms with van der Waals surface area (Å²) in [6, 6.07) is 5.76. The molecule has 0 unspecified atom stereocenters. The first kappa shape index (κ1) is 14.3. The molecule has 0 aromatic carbocycles. The number of rotatable bonds is 6. The van der Waals surface area contributed by atoms with Crippen LogP contribution < -0.4 is 15.5 Å². The Kier molecular flexibility index (Phi) is 4.95. The fourth-order valence-corrected chi connectivity index (χ4v) is 1.82. The zero-order valence-corrected chi connectivity index (χ0v) is 12.2. The van der Waals surface area contributed by atoms with E-state index in [1.165, 1.54) is 0 Å². The van der Waals surface area contributed by atoms with E-state index in [1.54, 1.807) is 19.4 Å². The van der Waals surface area contributed by atoms with Crippen molar-refractivity contribution < 1.29 is 0 Å². The lowest BCUT2D eigenvalue weighted by Crippen LogP contribution is -2.26. The highest BCUT2D eigenvalue weighted by Gasteiger charge is 2.07. The van der Waals surface area contributed by atoms with Crippen molar-refractivity contribution in [2.75, 3.05) is 42.7 Å². The summed E-state index contributed by atoms with van der Waals surface area (Å²) >= 11 is 5.96. The van der Waals surface area contributed by atoms with Gasteiger partial charge in [-0.2, -0.15) is 4.98 Å². The number of likely N-dealkylation sites (N-methyl/N-ethyl adjacent to an activating group) is 1. The summed E-state index contributed by atoms with van der Waals surface area (Å²) in [6.45, 7) is 1.50. The van der Waals surface area contributed by atoms with Gasteiger partial charge in [-0.25, -0.2) is 9.97 Å². The summed E-state index contributed by atoms with van der Waals surface area (Å²) in [5, 5.41) is 6.68. The van der Waals surface area contributed by atoms with Crippen molar-refractivity contribution in [2.45, 2.75) is 0 Å². The van der Waals surface area contributed by atoms with Gasteiger partial charge in [-0.15, -0.1) is 0 Å². The van der Waals surface area contributed by atoms with Crippen molar-refractivity contribution in [1.82, 2.24) is 15.0 Å². The third-order valence-corrected chi connectivity index (χ3v) is 3.00. The Hall–Kier alpha value is -2.08. The zero-order chi connectivity index (χ0) is 14.4. The SMILES string of the molecule is CNc1nc(N(C)CCNc2ccccn2)ncc1Cl. The minimum absolute atomic E-state index is 0.510. The lowest BCUT2D eigenvalue weighted by atomic mass is 10.4. The molecule has 0 saturated carbocycles. The van der Waals surface area contributed by atoms with Gasteiger partial charge in [0, 0.05) is 33.4 Å². The van der Waals surface area contributed by atoms with Crippen molar-refractivity contribution in [2.24, 2.45) is 0 Å². The van der Waals surface area contributed by atoms with Crippen molar-refractivity contribution in [3.05, 3.63) is 35.6 Å². The summed E-state index contributed by atoms with van der Waals surface area (Å²) in [4.78, 5) is 14.7. The van der Waals surface area contributed by atoms with Crippen LogP contribution in [0.15, 0.2) is 30.6 Å². The van der Waals surface area contributed by atoms with Crippen molar-refractivity contribution >= 4 is 29.2 Å². The molecule has 0 aliphatic heterocycles. The molecule has 106 valence electrons. The molecule has 0 atom stereocenters. The molecular weight excluding hydrogens is 276 g/mol. The molecule has 0 aliphatic rings. The second-order valence-corrected chi connectivity index (χ2v) is 4.59. The number of hydrogen-bond acceptors (Lipinski definition) is 6. The number of pyridine rings is 1. The van der Waals surface area contributed by atoms with E-state index in [2.05, 4.69) is 25.6 Å².